The summed E-state index contributed by atoms with van der Waals surface area (Å²) in [5, 5.41) is 9.13. The number of ether oxygens (including phenoxy) is 2. The van der Waals surface area contributed by atoms with E-state index in [1.54, 1.807) is 37.6 Å². The number of amides is 1. The van der Waals surface area contributed by atoms with Gasteiger partial charge in [-0.1, -0.05) is 12.1 Å². The molecule has 2 aromatic rings. The molecule has 1 aliphatic carbocycles. The summed E-state index contributed by atoms with van der Waals surface area (Å²) in [5.74, 6) is 0.550. The lowest BCUT2D eigenvalue weighted by Crippen LogP contribution is -2.53. The molecule has 0 bridgehead atoms. The van der Waals surface area contributed by atoms with E-state index in [-0.39, 0.29) is 23.7 Å². The second kappa shape index (κ2) is 7.61. The molecule has 1 aliphatic heterocycles. The summed E-state index contributed by atoms with van der Waals surface area (Å²) in [6.07, 6.45) is 4.93. The number of fused-ring (bicyclic) bond motifs is 1. The first kappa shape index (κ1) is 18.5. The van der Waals surface area contributed by atoms with Gasteiger partial charge in [0.1, 0.15) is 6.10 Å². The minimum atomic E-state index is -0.327. The van der Waals surface area contributed by atoms with Crippen LogP contribution in [-0.4, -0.2) is 47.2 Å². The highest BCUT2D eigenvalue weighted by Crippen LogP contribution is 2.43. The highest BCUT2D eigenvalue weighted by molar-refractivity contribution is 5.95. The SMILES string of the molecule is CO[C@@]12CC[C@@H](Oc3ccccn3)C[C@@H]1N(C(=O)c1cccc(C#N)c1)CC2. The number of hydrogen-bond donors (Lipinski definition) is 0. The summed E-state index contributed by atoms with van der Waals surface area (Å²) in [5.41, 5.74) is 0.703. The van der Waals surface area contributed by atoms with Crippen LogP contribution in [0.15, 0.2) is 48.7 Å². The lowest BCUT2D eigenvalue weighted by molar-refractivity contribution is -0.0788. The van der Waals surface area contributed by atoms with Crippen molar-refractivity contribution in [2.45, 2.75) is 43.4 Å². The molecule has 1 aromatic carbocycles. The van der Waals surface area contributed by atoms with Crippen molar-refractivity contribution in [1.82, 2.24) is 9.88 Å². The van der Waals surface area contributed by atoms with Gasteiger partial charge in [0.05, 0.1) is 23.3 Å². The molecule has 3 atom stereocenters. The third kappa shape index (κ3) is 3.34. The molecular formula is C22H23N3O3. The van der Waals surface area contributed by atoms with Crippen LogP contribution in [0.4, 0.5) is 0 Å². The molecule has 0 radical (unpaired) electrons. The molecule has 2 aliphatic rings. The number of carbonyl (C=O) groups is 1. The lowest BCUT2D eigenvalue weighted by atomic mass is 9.79. The van der Waals surface area contributed by atoms with Crippen LogP contribution in [0.2, 0.25) is 0 Å². The van der Waals surface area contributed by atoms with Crippen LogP contribution < -0.4 is 4.74 Å². The normalized spacial score (nSPS) is 26.4. The molecule has 1 aromatic heterocycles. The van der Waals surface area contributed by atoms with E-state index in [2.05, 4.69) is 11.1 Å². The van der Waals surface area contributed by atoms with E-state index in [1.165, 1.54) is 0 Å². The Morgan fingerprint density at radius 1 is 1.29 bits per heavy atom. The topological polar surface area (TPSA) is 75.5 Å². The molecule has 0 spiro atoms. The highest BCUT2D eigenvalue weighted by Gasteiger charge is 2.53. The number of pyridine rings is 1. The number of rotatable bonds is 4. The molecule has 0 N–H and O–H groups in total. The standard InChI is InChI=1S/C22H23N3O3/c1-27-22-9-8-18(28-20-7-2-3-11-24-20)14-19(22)25(12-10-22)21(26)17-6-4-5-16(13-17)15-23/h2-7,11,13,18-19H,8-10,12,14H2,1H3/t18-,19+,22-/m1/s1. The third-order valence-electron chi connectivity index (χ3n) is 5.97. The van der Waals surface area contributed by atoms with Crippen LogP contribution in [0.1, 0.15) is 41.6 Å². The molecule has 1 saturated heterocycles. The van der Waals surface area contributed by atoms with Gasteiger partial charge in [-0.15, -0.1) is 0 Å². The van der Waals surface area contributed by atoms with E-state index in [0.717, 1.165) is 19.3 Å². The van der Waals surface area contributed by atoms with E-state index < -0.39 is 0 Å². The van der Waals surface area contributed by atoms with Gasteiger partial charge in [-0.25, -0.2) is 4.98 Å². The van der Waals surface area contributed by atoms with Crippen molar-refractivity contribution in [3.05, 3.63) is 59.8 Å². The zero-order chi connectivity index (χ0) is 19.6. The van der Waals surface area contributed by atoms with Crippen LogP contribution in [0.3, 0.4) is 0 Å². The van der Waals surface area contributed by atoms with Gasteiger partial charge in [0.25, 0.3) is 5.91 Å². The van der Waals surface area contributed by atoms with Crippen molar-refractivity contribution in [1.29, 1.82) is 5.26 Å². The largest absolute Gasteiger partial charge is 0.474 e. The zero-order valence-electron chi connectivity index (χ0n) is 15.9. The average Bonchev–Trinajstić information content (AvgIpc) is 3.13. The van der Waals surface area contributed by atoms with Gasteiger partial charge in [0.2, 0.25) is 5.88 Å². The monoisotopic (exact) mass is 377 g/mol. The molecule has 4 rings (SSSR count). The van der Waals surface area contributed by atoms with E-state index in [9.17, 15) is 4.79 Å². The Hall–Kier alpha value is -2.91. The Kier molecular flexibility index (Phi) is 5.01. The Bertz CT molecular complexity index is 895. The molecule has 2 fully saturated rings. The van der Waals surface area contributed by atoms with Crippen molar-refractivity contribution in [2.24, 2.45) is 0 Å². The molecular weight excluding hydrogens is 354 g/mol. The Labute approximate surface area is 164 Å². The molecule has 28 heavy (non-hydrogen) atoms. The summed E-state index contributed by atoms with van der Waals surface area (Å²) in [6.45, 7) is 0.643. The fraction of sp³-hybridized carbons (Fsp3) is 0.409. The van der Waals surface area contributed by atoms with Crippen LogP contribution >= 0.6 is 0 Å². The molecule has 2 heterocycles. The van der Waals surface area contributed by atoms with Crippen LogP contribution in [-0.2, 0) is 4.74 Å². The first-order chi connectivity index (χ1) is 13.6. The van der Waals surface area contributed by atoms with Gasteiger partial charge in [-0.05, 0) is 43.5 Å². The fourth-order valence-electron chi connectivity index (χ4n) is 4.49. The van der Waals surface area contributed by atoms with Crippen LogP contribution in [0, 0.1) is 11.3 Å². The van der Waals surface area contributed by atoms with Gasteiger partial charge < -0.3 is 14.4 Å². The van der Waals surface area contributed by atoms with E-state index >= 15 is 0 Å². The first-order valence-electron chi connectivity index (χ1n) is 9.59. The van der Waals surface area contributed by atoms with Gasteiger partial charge in [0.15, 0.2) is 0 Å². The lowest BCUT2D eigenvalue weighted by Gasteiger charge is -2.43. The van der Waals surface area contributed by atoms with Crippen molar-refractivity contribution in [3.63, 3.8) is 0 Å². The molecule has 1 amide bonds. The van der Waals surface area contributed by atoms with Crippen molar-refractivity contribution >= 4 is 5.91 Å². The minimum Gasteiger partial charge on any atom is -0.474 e. The van der Waals surface area contributed by atoms with E-state index in [4.69, 9.17) is 14.7 Å². The number of hydrogen-bond acceptors (Lipinski definition) is 5. The predicted molar refractivity (Wildman–Crippen MR) is 103 cm³/mol. The smallest absolute Gasteiger partial charge is 0.254 e. The maximum atomic E-state index is 13.2. The van der Waals surface area contributed by atoms with E-state index in [1.807, 2.05) is 23.1 Å². The van der Waals surface area contributed by atoms with Gasteiger partial charge in [0, 0.05) is 37.9 Å². The van der Waals surface area contributed by atoms with Crippen molar-refractivity contribution < 1.29 is 14.3 Å². The molecule has 144 valence electrons. The van der Waals surface area contributed by atoms with Crippen LogP contribution in [0.5, 0.6) is 5.88 Å². The predicted octanol–water partition coefficient (Wildman–Crippen LogP) is 3.18. The first-order valence-corrected chi connectivity index (χ1v) is 9.59. The summed E-state index contributed by atoms with van der Waals surface area (Å²) in [4.78, 5) is 19.3. The number of nitrogens with zero attached hydrogens (tertiary/aromatic N) is 3. The van der Waals surface area contributed by atoms with Crippen LogP contribution in [0.25, 0.3) is 0 Å². The Morgan fingerprint density at radius 2 is 2.18 bits per heavy atom. The summed E-state index contributed by atoms with van der Waals surface area (Å²) >= 11 is 0. The summed E-state index contributed by atoms with van der Waals surface area (Å²) in [6, 6.07) is 14.5. The number of benzene rings is 1. The zero-order valence-corrected chi connectivity index (χ0v) is 15.9. The molecule has 6 nitrogen and oxygen atoms in total. The minimum absolute atomic E-state index is 0.0120. The maximum Gasteiger partial charge on any atom is 0.254 e. The fourth-order valence-corrected chi connectivity index (χ4v) is 4.49. The highest BCUT2D eigenvalue weighted by atomic mass is 16.5. The average molecular weight is 377 g/mol. The Balaban J connectivity index is 1.55. The van der Waals surface area contributed by atoms with Gasteiger partial charge in [-0.3, -0.25) is 4.79 Å². The van der Waals surface area contributed by atoms with Crippen molar-refractivity contribution in [3.8, 4) is 11.9 Å². The number of likely N-dealkylation sites (tertiary alicyclic amines) is 1. The number of nitriles is 1. The summed E-state index contributed by atoms with van der Waals surface area (Å²) < 4.78 is 12.0. The second-order valence-electron chi connectivity index (χ2n) is 7.41. The Morgan fingerprint density at radius 3 is 2.93 bits per heavy atom. The van der Waals surface area contributed by atoms with Gasteiger partial charge >= 0.3 is 0 Å². The molecule has 6 heteroatoms. The number of carbonyl (C=O) groups excluding carboxylic acids is 1. The number of aromatic nitrogens is 1. The number of methoxy groups -OCH3 is 1. The molecule has 1 saturated carbocycles. The summed E-state index contributed by atoms with van der Waals surface area (Å²) in [7, 11) is 1.73. The third-order valence-corrected chi connectivity index (χ3v) is 5.97. The maximum absolute atomic E-state index is 13.2. The van der Waals surface area contributed by atoms with E-state index in [0.29, 0.717) is 30.0 Å². The second-order valence-corrected chi connectivity index (χ2v) is 7.41. The molecule has 0 unspecified atom stereocenters. The van der Waals surface area contributed by atoms with Gasteiger partial charge in [-0.2, -0.15) is 5.26 Å². The quantitative estimate of drug-likeness (QED) is 0.818. The van der Waals surface area contributed by atoms with Crippen molar-refractivity contribution in [2.75, 3.05) is 13.7 Å².